The van der Waals surface area contributed by atoms with Crippen LogP contribution in [0.3, 0.4) is 0 Å². The minimum Gasteiger partial charge on any atom is -0.321 e. The first kappa shape index (κ1) is 23.6. The van der Waals surface area contributed by atoms with Crippen LogP contribution in [0.2, 0.25) is 0 Å². The lowest BCUT2D eigenvalue weighted by Gasteiger charge is -2.09. The number of aromatic nitrogens is 4. The lowest BCUT2D eigenvalue weighted by Crippen LogP contribution is -2.15. The standard InChI is InChI=1S/C24H20N6O4S2/c1-13-5-4-10-30-21(13)28-23-18(24(30)32)12-19(35-23)22(31)27-16-6-8-17(9-7-16)36(33,34)29-20-11-14(2)25-15(3)26-20/h4-12H,1-3H3,(H,27,31)(H,25,26,29). The first-order valence-corrected chi connectivity index (χ1v) is 13.1. The van der Waals surface area contributed by atoms with Gasteiger partial charge in [0.15, 0.2) is 0 Å². The second-order valence-electron chi connectivity index (χ2n) is 8.16. The highest BCUT2D eigenvalue weighted by molar-refractivity contribution is 7.92. The van der Waals surface area contributed by atoms with Gasteiger partial charge < -0.3 is 5.32 Å². The predicted molar refractivity (Wildman–Crippen MR) is 138 cm³/mol. The highest BCUT2D eigenvalue weighted by atomic mass is 32.2. The van der Waals surface area contributed by atoms with Crippen LogP contribution in [0.4, 0.5) is 11.5 Å². The van der Waals surface area contributed by atoms with Crippen LogP contribution in [0.1, 0.15) is 26.8 Å². The third kappa shape index (κ3) is 4.43. The van der Waals surface area contributed by atoms with Crippen molar-refractivity contribution in [3.63, 3.8) is 0 Å². The van der Waals surface area contributed by atoms with E-state index in [-0.39, 0.29) is 16.3 Å². The van der Waals surface area contributed by atoms with Crippen LogP contribution in [-0.2, 0) is 10.0 Å². The van der Waals surface area contributed by atoms with Gasteiger partial charge in [-0.1, -0.05) is 6.07 Å². The number of thiophene rings is 1. The minimum atomic E-state index is -3.89. The molecule has 2 N–H and O–H groups in total. The number of nitrogens with one attached hydrogen (secondary N) is 2. The summed E-state index contributed by atoms with van der Waals surface area (Å²) in [5.74, 6) is 0.200. The van der Waals surface area contributed by atoms with Crippen molar-refractivity contribution in [2.45, 2.75) is 25.7 Å². The molecule has 0 saturated heterocycles. The fourth-order valence-corrected chi connectivity index (χ4v) is 5.66. The summed E-state index contributed by atoms with van der Waals surface area (Å²) in [5.41, 5.74) is 2.19. The van der Waals surface area contributed by atoms with E-state index in [9.17, 15) is 18.0 Å². The predicted octanol–water partition coefficient (Wildman–Crippen LogP) is 3.68. The summed E-state index contributed by atoms with van der Waals surface area (Å²) in [4.78, 5) is 39.3. The van der Waals surface area contributed by atoms with Crippen LogP contribution in [0, 0.1) is 20.8 Å². The number of fused-ring (bicyclic) bond motifs is 2. The molecule has 0 radical (unpaired) electrons. The molecule has 36 heavy (non-hydrogen) atoms. The third-order valence-electron chi connectivity index (χ3n) is 5.38. The fraction of sp³-hybridized carbons (Fsp3) is 0.125. The van der Waals surface area contributed by atoms with E-state index in [4.69, 9.17) is 0 Å². The normalized spacial score (nSPS) is 11.6. The Morgan fingerprint density at radius 3 is 2.47 bits per heavy atom. The average molecular weight is 521 g/mol. The van der Waals surface area contributed by atoms with Crippen LogP contribution in [0.25, 0.3) is 15.9 Å². The van der Waals surface area contributed by atoms with Crippen molar-refractivity contribution in [3.8, 4) is 0 Å². The first-order valence-electron chi connectivity index (χ1n) is 10.8. The Labute approximate surface area is 209 Å². The van der Waals surface area contributed by atoms with E-state index >= 15 is 0 Å². The Hall–Kier alpha value is -4.16. The Morgan fingerprint density at radius 1 is 1.00 bits per heavy atom. The van der Waals surface area contributed by atoms with Gasteiger partial charge in [0, 0.05) is 23.6 Å². The number of anilines is 2. The molecule has 5 rings (SSSR count). The van der Waals surface area contributed by atoms with Gasteiger partial charge in [0.05, 0.1) is 15.2 Å². The Kier molecular flexibility index (Phi) is 5.77. The van der Waals surface area contributed by atoms with E-state index in [0.717, 1.165) is 16.9 Å². The van der Waals surface area contributed by atoms with Gasteiger partial charge in [-0.25, -0.2) is 23.4 Å². The second kappa shape index (κ2) is 8.81. The van der Waals surface area contributed by atoms with Gasteiger partial charge in [0.2, 0.25) is 0 Å². The maximum atomic E-state index is 12.9. The van der Waals surface area contributed by atoms with E-state index in [1.807, 2.05) is 13.0 Å². The number of benzene rings is 1. The summed E-state index contributed by atoms with van der Waals surface area (Å²) >= 11 is 1.12. The molecule has 0 fully saturated rings. The number of aryl methyl sites for hydroxylation is 3. The van der Waals surface area contributed by atoms with Crippen molar-refractivity contribution in [2.75, 3.05) is 10.0 Å². The van der Waals surface area contributed by atoms with E-state index in [2.05, 4.69) is 25.0 Å². The molecule has 0 bridgehead atoms. The largest absolute Gasteiger partial charge is 0.321 e. The number of carbonyl (C=O) groups excluding carboxylic acids is 1. The van der Waals surface area contributed by atoms with Crippen LogP contribution < -0.4 is 15.6 Å². The number of rotatable bonds is 5. The van der Waals surface area contributed by atoms with Gasteiger partial charge in [-0.15, -0.1) is 11.3 Å². The van der Waals surface area contributed by atoms with E-state index in [1.165, 1.54) is 40.8 Å². The number of hydrogen-bond acceptors (Lipinski definition) is 8. The van der Waals surface area contributed by atoms with Crippen molar-refractivity contribution in [3.05, 3.63) is 87.0 Å². The molecular formula is C24H20N6O4S2. The summed E-state index contributed by atoms with van der Waals surface area (Å²) in [7, 11) is -3.89. The smallest absolute Gasteiger partial charge is 0.266 e. The fourth-order valence-electron chi connectivity index (χ4n) is 3.75. The first-order chi connectivity index (χ1) is 17.1. The summed E-state index contributed by atoms with van der Waals surface area (Å²) in [6, 6.07) is 12.4. The maximum absolute atomic E-state index is 12.9. The monoisotopic (exact) mass is 520 g/mol. The SMILES string of the molecule is Cc1cc(NS(=O)(=O)c2ccc(NC(=O)c3cc4c(=O)n5cccc(C)c5nc4s3)cc2)nc(C)n1. The number of amides is 1. The minimum absolute atomic E-state index is 0.00978. The molecule has 12 heteroatoms. The number of carbonyl (C=O) groups is 1. The molecule has 10 nitrogen and oxygen atoms in total. The Bertz CT molecular complexity index is 1810. The molecule has 182 valence electrons. The number of pyridine rings is 1. The molecule has 4 heterocycles. The van der Waals surface area contributed by atoms with Gasteiger partial charge in [0.1, 0.15) is 22.1 Å². The van der Waals surface area contributed by atoms with Crippen molar-refractivity contribution >= 4 is 54.6 Å². The molecule has 1 amide bonds. The average Bonchev–Trinajstić information content (AvgIpc) is 3.24. The van der Waals surface area contributed by atoms with Gasteiger partial charge >= 0.3 is 0 Å². The van der Waals surface area contributed by atoms with Gasteiger partial charge in [-0.05, 0) is 62.7 Å². The lowest BCUT2D eigenvalue weighted by atomic mass is 10.2. The molecule has 4 aromatic heterocycles. The summed E-state index contributed by atoms with van der Waals surface area (Å²) < 4.78 is 29.4. The molecule has 5 aromatic rings. The number of sulfonamides is 1. The van der Waals surface area contributed by atoms with E-state index in [0.29, 0.717) is 37.9 Å². The quantitative estimate of drug-likeness (QED) is 0.361. The van der Waals surface area contributed by atoms with Gasteiger partial charge in [0.25, 0.3) is 21.5 Å². The zero-order chi connectivity index (χ0) is 25.6. The van der Waals surface area contributed by atoms with Crippen molar-refractivity contribution < 1.29 is 13.2 Å². The van der Waals surface area contributed by atoms with E-state index < -0.39 is 15.9 Å². The topological polar surface area (TPSA) is 135 Å². The molecule has 0 aliphatic heterocycles. The molecule has 0 saturated carbocycles. The van der Waals surface area contributed by atoms with Crippen molar-refractivity contribution in [1.82, 2.24) is 19.4 Å². The zero-order valence-corrected chi connectivity index (χ0v) is 21.1. The molecular weight excluding hydrogens is 500 g/mol. The highest BCUT2D eigenvalue weighted by Crippen LogP contribution is 2.24. The van der Waals surface area contributed by atoms with Crippen LogP contribution in [0.5, 0.6) is 0 Å². The van der Waals surface area contributed by atoms with Crippen LogP contribution in [0.15, 0.2) is 64.4 Å². The molecule has 0 aliphatic rings. The van der Waals surface area contributed by atoms with Crippen molar-refractivity contribution in [2.24, 2.45) is 0 Å². The maximum Gasteiger partial charge on any atom is 0.266 e. The summed E-state index contributed by atoms with van der Waals surface area (Å²) in [5, 5.41) is 3.09. The Balaban J connectivity index is 1.37. The lowest BCUT2D eigenvalue weighted by molar-refractivity contribution is 0.103. The molecule has 0 atom stereocenters. The Morgan fingerprint density at radius 2 is 1.75 bits per heavy atom. The number of nitrogens with zero attached hydrogens (tertiary/aromatic N) is 4. The van der Waals surface area contributed by atoms with Crippen LogP contribution in [-0.4, -0.2) is 33.7 Å². The number of hydrogen-bond donors (Lipinski definition) is 2. The van der Waals surface area contributed by atoms with Crippen LogP contribution >= 0.6 is 11.3 Å². The third-order valence-corrected chi connectivity index (χ3v) is 7.78. The summed E-state index contributed by atoms with van der Waals surface area (Å²) in [6.07, 6.45) is 1.64. The highest BCUT2D eigenvalue weighted by Gasteiger charge is 2.18. The van der Waals surface area contributed by atoms with Crippen molar-refractivity contribution in [1.29, 1.82) is 0 Å². The zero-order valence-electron chi connectivity index (χ0n) is 19.4. The van der Waals surface area contributed by atoms with E-state index in [1.54, 1.807) is 26.1 Å². The molecule has 0 aliphatic carbocycles. The summed E-state index contributed by atoms with van der Waals surface area (Å²) in [6.45, 7) is 5.29. The molecule has 0 unspecified atom stereocenters. The second-order valence-corrected chi connectivity index (χ2v) is 10.9. The van der Waals surface area contributed by atoms with Gasteiger partial charge in [-0.2, -0.15) is 0 Å². The molecule has 1 aromatic carbocycles. The van der Waals surface area contributed by atoms with Gasteiger partial charge in [-0.3, -0.25) is 18.7 Å². The molecule has 0 spiro atoms.